The lowest BCUT2D eigenvalue weighted by Gasteiger charge is -2.10. The van der Waals surface area contributed by atoms with E-state index in [0.717, 1.165) is 12.1 Å². The highest BCUT2D eigenvalue weighted by molar-refractivity contribution is 5.96. The highest BCUT2D eigenvalue weighted by atomic mass is 19.2. The molecule has 3 rings (SSSR count). The number of hydrogen-bond donors (Lipinski definition) is 1. The molecule has 0 spiro atoms. The summed E-state index contributed by atoms with van der Waals surface area (Å²) >= 11 is 0. The molecule has 6 nitrogen and oxygen atoms in total. The zero-order chi connectivity index (χ0) is 19.9. The van der Waals surface area contributed by atoms with Crippen molar-refractivity contribution in [1.29, 1.82) is 0 Å². The highest BCUT2D eigenvalue weighted by Gasteiger charge is 2.17. The standard InChI is InChI=1S/C20H14F2N2O4/c21-16-9-8-13(11-17(16)22)24-18(25)12-27-20(26)15-7-4-10-23-19(15)28-14-5-2-1-3-6-14/h1-11H,12H2,(H,24,25). The molecule has 0 unspecified atom stereocenters. The number of carbonyl (C=O) groups excluding carboxylic acids is 2. The van der Waals surface area contributed by atoms with E-state index in [1.54, 1.807) is 24.3 Å². The minimum Gasteiger partial charge on any atom is -0.452 e. The van der Waals surface area contributed by atoms with Gasteiger partial charge in [-0.05, 0) is 36.4 Å². The molecular weight excluding hydrogens is 370 g/mol. The summed E-state index contributed by atoms with van der Waals surface area (Å²) in [5, 5.41) is 2.30. The van der Waals surface area contributed by atoms with Gasteiger partial charge in [-0.1, -0.05) is 18.2 Å². The maximum absolute atomic E-state index is 13.2. The van der Waals surface area contributed by atoms with Crippen molar-refractivity contribution >= 4 is 17.6 Å². The number of carbonyl (C=O) groups is 2. The Hall–Kier alpha value is -3.81. The van der Waals surface area contributed by atoms with Crippen LogP contribution in [0.1, 0.15) is 10.4 Å². The predicted octanol–water partition coefficient (Wildman–Crippen LogP) is 3.95. The Kier molecular flexibility index (Phi) is 5.91. The van der Waals surface area contributed by atoms with Crippen LogP contribution in [-0.2, 0) is 9.53 Å². The molecular formula is C20H14F2N2O4. The van der Waals surface area contributed by atoms with E-state index in [9.17, 15) is 18.4 Å². The van der Waals surface area contributed by atoms with Crippen molar-refractivity contribution < 1.29 is 27.8 Å². The fourth-order valence-electron chi connectivity index (χ4n) is 2.21. The third-order valence-corrected chi connectivity index (χ3v) is 3.49. The average molecular weight is 384 g/mol. The number of amides is 1. The Balaban J connectivity index is 1.61. The number of nitrogens with zero attached hydrogens (tertiary/aromatic N) is 1. The van der Waals surface area contributed by atoms with Crippen LogP contribution in [-0.4, -0.2) is 23.5 Å². The van der Waals surface area contributed by atoms with Gasteiger partial charge in [-0.25, -0.2) is 18.6 Å². The zero-order valence-corrected chi connectivity index (χ0v) is 14.4. The smallest absolute Gasteiger partial charge is 0.344 e. The molecule has 0 aliphatic rings. The molecule has 28 heavy (non-hydrogen) atoms. The van der Waals surface area contributed by atoms with E-state index in [0.29, 0.717) is 5.75 Å². The highest BCUT2D eigenvalue weighted by Crippen LogP contribution is 2.23. The molecule has 0 fully saturated rings. The maximum atomic E-state index is 13.2. The molecule has 142 valence electrons. The molecule has 8 heteroatoms. The second kappa shape index (κ2) is 8.72. The van der Waals surface area contributed by atoms with Gasteiger partial charge >= 0.3 is 5.97 Å². The Morgan fingerprint density at radius 2 is 1.75 bits per heavy atom. The van der Waals surface area contributed by atoms with Crippen LogP contribution < -0.4 is 10.1 Å². The van der Waals surface area contributed by atoms with Gasteiger partial charge in [0.25, 0.3) is 5.91 Å². The summed E-state index contributed by atoms with van der Waals surface area (Å²) in [6.07, 6.45) is 1.45. The van der Waals surface area contributed by atoms with E-state index in [2.05, 4.69) is 10.3 Å². The van der Waals surface area contributed by atoms with Gasteiger partial charge in [-0.15, -0.1) is 0 Å². The zero-order valence-electron chi connectivity index (χ0n) is 14.4. The van der Waals surface area contributed by atoms with Crippen LogP contribution in [0.15, 0.2) is 66.9 Å². The SMILES string of the molecule is O=C(COC(=O)c1cccnc1Oc1ccccc1)Nc1ccc(F)c(F)c1. The minimum absolute atomic E-state index is 0.0275. The number of nitrogens with one attached hydrogen (secondary N) is 1. The Labute approximate surface area is 158 Å². The summed E-state index contributed by atoms with van der Waals surface area (Å²) in [6, 6.07) is 14.6. The third-order valence-electron chi connectivity index (χ3n) is 3.49. The second-order valence-electron chi connectivity index (χ2n) is 5.52. The number of rotatable bonds is 6. The molecule has 1 aromatic heterocycles. The molecule has 3 aromatic rings. The van der Waals surface area contributed by atoms with Gasteiger partial charge in [-0.2, -0.15) is 0 Å². The lowest BCUT2D eigenvalue weighted by atomic mass is 10.2. The van der Waals surface area contributed by atoms with E-state index in [4.69, 9.17) is 9.47 Å². The number of aromatic nitrogens is 1. The average Bonchev–Trinajstić information content (AvgIpc) is 2.70. The van der Waals surface area contributed by atoms with Crippen molar-refractivity contribution in [1.82, 2.24) is 4.98 Å². The van der Waals surface area contributed by atoms with E-state index in [-0.39, 0.29) is 17.1 Å². The lowest BCUT2D eigenvalue weighted by molar-refractivity contribution is -0.119. The molecule has 1 heterocycles. The van der Waals surface area contributed by atoms with Crippen molar-refractivity contribution in [2.45, 2.75) is 0 Å². The van der Waals surface area contributed by atoms with Crippen molar-refractivity contribution in [3.8, 4) is 11.6 Å². The predicted molar refractivity (Wildman–Crippen MR) is 96.0 cm³/mol. The van der Waals surface area contributed by atoms with E-state index < -0.39 is 30.1 Å². The first-order valence-corrected chi connectivity index (χ1v) is 8.13. The molecule has 0 saturated heterocycles. The summed E-state index contributed by atoms with van der Waals surface area (Å²) in [7, 11) is 0. The fourth-order valence-corrected chi connectivity index (χ4v) is 2.21. The summed E-state index contributed by atoms with van der Waals surface area (Å²) in [4.78, 5) is 28.2. The molecule has 0 aliphatic carbocycles. The van der Waals surface area contributed by atoms with Gasteiger partial charge in [0.2, 0.25) is 5.88 Å². The van der Waals surface area contributed by atoms with E-state index in [1.165, 1.54) is 24.4 Å². The fraction of sp³-hybridized carbons (Fsp3) is 0.0500. The number of anilines is 1. The normalized spacial score (nSPS) is 10.2. The summed E-state index contributed by atoms with van der Waals surface area (Å²) in [5.41, 5.74) is 0.0707. The van der Waals surface area contributed by atoms with Gasteiger partial charge in [-0.3, -0.25) is 4.79 Å². The van der Waals surface area contributed by atoms with Crippen LogP contribution >= 0.6 is 0 Å². The van der Waals surface area contributed by atoms with Crippen LogP contribution in [0, 0.1) is 11.6 Å². The largest absolute Gasteiger partial charge is 0.452 e. The van der Waals surface area contributed by atoms with Gasteiger partial charge in [0.05, 0.1) is 0 Å². The Morgan fingerprint density at radius 3 is 2.50 bits per heavy atom. The second-order valence-corrected chi connectivity index (χ2v) is 5.52. The number of pyridine rings is 1. The number of para-hydroxylation sites is 1. The minimum atomic E-state index is -1.10. The van der Waals surface area contributed by atoms with Crippen molar-refractivity contribution in [2.24, 2.45) is 0 Å². The summed E-state index contributed by atoms with van der Waals surface area (Å²) < 4.78 is 36.6. The summed E-state index contributed by atoms with van der Waals surface area (Å²) in [6.45, 7) is -0.627. The number of hydrogen-bond acceptors (Lipinski definition) is 5. The molecule has 1 N–H and O–H groups in total. The third kappa shape index (κ3) is 4.88. The molecule has 0 bridgehead atoms. The van der Waals surface area contributed by atoms with Crippen molar-refractivity contribution in [3.63, 3.8) is 0 Å². The Bertz CT molecular complexity index is 997. The molecule has 2 aromatic carbocycles. The van der Waals surface area contributed by atoms with Crippen LogP contribution in [0.5, 0.6) is 11.6 Å². The lowest BCUT2D eigenvalue weighted by Crippen LogP contribution is -2.21. The maximum Gasteiger partial charge on any atom is 0.344 e. The van der Waals surface area contributed by atoms with E-state index in [1.807, 2.05) is 6.07 Å². The van der Waals surface area contributed by atoms with Crippen LogP contribution in [0.2, 0.25) is 0 Å². The molecule has 0 aliphatic heterocycles. The van der Waals surface area contributed by atoms with Crippen LogP contribution in [0.3, 0.4) is 0 Å². The number of ether oxygens (including phenoxy) is 2. The quantitative estimate of drug-likeness (QED) is 0.651. The van der Waals surface area contributed by atoms with Gasteiger partial charge in [0.1, 0.15) is 11.3 Å². The monoisotopic (exact) mass is 384 g/mol. The van der Waals surface area contributed by atoms with Gasteiger partial charge in [0, 0.05) is 18.0 Å². The first kappa shape index (κ1) is 19.0. The van der Waals surface area contributed by atoms with Crippen molar-refractivity contribution in [2.75, 3.05) is 11.9 Å². The number of halogens is 2. The molecule has 1 amide bonds. The van der Waals surface area contributed by atoms with Crippen molar-refractivity contribution in [3.05, 3.63) is 84.1 Å². The molecule has 0 saturated carbocycles. The van der Waals surface area contributed by atoms with Crippen LogP contribution in [0.4, 0.5) is 14.5 Å². The first-order valence-electron chi connectivity index (χ1n) is 8.13. The Morgan fingerprint density at radius 1 is 0.964 bits per heavy atom. The molecule has 0 radical (unpaired) electrons. The molecule has 0 atom stereocenters. The van der Waals surface area contributed by atoms with E-state index >= 15 is 0 Å². The van der Waals surface area contributed by atoms with Gasteiger partial charge < -0.3 is 14.8 Å². The van der Waals surface area contributed by atoms with Crippen LogP contribution in [0.25, 0.3) is 0 Å². The topological polar surface area (TPSA) is 77.5 Å². The number of benzene rings is 2. The number of esters is 1. The summed E-state index contributed by atoms with van der Waals surface area (Å²) in [5.74, 6) is -3.17. The first-order chi connectivity index (χ1) is 13.5. The van der Waals surface area contributed by atoms with Gasteiger partial charge in [0.15, 0.2) is 18.2 Å².